The van der Waals surface area contributed by atoms with Gasteiger partial charge in [-0.05, 0) is 19.1 Å². The maximum atomic E-state index is 12.8. The summed E-state index contributed by atoms with van der Waals surface area (Å²) in [5.74, 6) is -0.630. The van der Waals surface area contributed by atoms with Gasteiger partial charge in [0, 0.05) is 38.3 Å². The van der Waals surface area contributed by atoms with Crippen LogP contribution in [0.25, 0.3) is 0 Å². The molecule has 1 heterocycles. The summed E-state index contributed by atoms with van der Waals surface area (Å²) >= 11 is 0. The lowest BCUT2D eigenvalue weighted by molar-refractivity contribution is -0.394. The van der Waals surface area contributed by atoms with Crippen LogP contribution < -0.4 is 0 Å². The molecule has 0 radical (unpaired) electrons. The minimum Gasteiger partial charge on any atom is -0.336 e. The lowest BCUT2D eigenvalue weighted by Gasteiger charge is -2.34. The van der Waals surface area contributed by atoms with Crippen LogP contribution in [0.15, 0.2) is 47.4 Å². The molecule has 30 heavy (non-hydrogen) atoms. The Hall–Kier alpha value is -3.38. The first-order valence-electron chi connectivity index (χ1n) is 8.89. The fraction of sp³-hybridized carbons (Fsp3) is 0.278. The Balaban J connectivity index is 1.76. The third-order valence-electron chi connectivity index (χ3n) is 4.76. The van der Waals surface area contributed by atoms with Crippen molar-refractivity contribution in [3.05, 3.63) is 73.8 Å². The quantitative estimate of drug-likeness (QED) is 0.517. The highest BCUT2D eigenvalue weighted by atomic mass is 32.2. The predicted octanol–water partition coefficient (Wildman–Crippen LogP) is 1.96. The number of nitrogens with zero attached hydrogens (tertiary/aromatic N) is 4. The molecule has 0 spiro atoms. The van der Waals surface area contributed by atoms with Gasteiger partial charge in [-0.2, -0.15) is 4.31 Å². The lowest BCUT2D eigenvalue weighted by atomic mass is 10.1. The monoisotopic (exact) mass is 434 g/mol. The zero-order valence-corrected chi connectivity index (χ0v) is 16.7. The fourth-order valence-corrected chi connectivity index (χ4v) is 4.53. The molecule has 0 atom stereocenters. The largest absolute Gasteiger partial charge is 0.336 e. The van der Waals surface area contributed by atoms with Gasteiger partial charge in [-0.25, -0.2) is 8.42 Å². The minimum absolute atomic E-state index is 0.0406. The number of rotatable bonds is 5. The Bertz CT molecular complexity index is 1080. The van der Waals surface area contributed by atoms with Gasteiger partial charge in [-0.1, -0.05) is 17.7 Å². The number of hydrogen-bond acceptors (Lipinski definition) is 7. The maximum Gasteiger partial charge on any atom is 0.277 e. The number of carbonyl (C=O) groups is 1. The first-order chi connectivity index (χ1) is 14.1. The van der Waals surface area contributed by atoms with Crippen LogP contribution in [0.1, 0.15) is 15.9 Å². The Kier molecular flexibility index (Phi) is 5.80. The molecule has 11 nitrogen and oxygen atoms in total. The molecule has 1 fully saturated rings. The summed E-state index contributed by atoms with van der Waals surface area (Å²) in [6.07, 6.45) is 0. The average molecular weight is 434 g/mol. The number of carbonyl (C=O) groups excluding carboxylic acids is 1. The van der Waals surface area contributed by atoms with Gasteiger partial charge in [0.05, 0.1) is 26.4 Å². The minimum atomic E-state index is -3.71. The second-order valence-electron chi connectivity index (χ2n) is 6.76. The molecule has 0 saturated carbocycles. The van der Waals surface area contributed by atoms with Crippen molar-refractivity contribution in [1.82, 2.24) is 9.21 Å². The van der Waals surface area contributed by atoms with Crippen molar-refractivity contribution in [3.63, 3.8) is 0 Å². The number of nitro benzene ring substituents is 2. The van der Waals surface area contributed by atoms with Crippen LogP contribution in [0, 0.1) is 27.2 Å². The first kappa shape index (κ1) is 21.3. The van der Waals surface area contributed by atoms with Gasteiger partial charge in [0.2, 0.25) is 10.0 Å². The molecule has 158 valence electrons. The third-order valence-corrected chi connectivity index (χ3v) is 6.67. The van der Waals surface area contributed by atoms with E-state index in [-0.39, 0.29) is 36.6 Å². The van der Waals surface area contributed by atoms with E-state index >= 15 is 0 Å². The second kappa shape index (κ2) is 8.16. The number of aryl methyl sites for hydroxylation is 1. The van der Waals surface area contributed by atoms with Crippen LogP contribution in [-0.4, -0.2) is 59.6 Å². The number of sulfonamides is 1. The molecular formula is C18H18N4O7S. The molecule has 3 rings (SSSR count). The lowest BCUT2D eigenvalue weighted by Crippen LogP contribution is -2.50. The van der Waals surface area contributed by atoms with Crippen LogP contribution >= 0.6 is 0 Å². The Morgan fingerprint density at radius 1 is 0.900 bits per heavy atom. The van der Waals surface area contributed by atoms with Crippen molar-refractivity contribution in [1.29, 1.82) is 0 Å². The van der Waals surface area contributed by atoms with E-state index in [4.69, 9.17) is 0 Å². The van der Waals surface area contributed by atoms with Gasteiger partial charge in [0.15, 0.2) is 0 Å². The molecule has 0 aliphatic carbocycles. The van der Waals surface area contributed by atoms with Crippen LogP contribution in [0.2, 0.25) is 0 Å². The van der Waals surface area contributed by atoms with E-state index in [2.05, 4.69) is 0 Å². The molecule has 0 bridgehead atoms. The van der Waals surface area contributed by atoms with Gasteiger partial charge >= 0.3 is 0 Å². The number of benzene rings is 2. The van der Waals surface area contributed by atoms with E-state index in [0.717, 1.165) is 23.8 Å². The summed E-state index contributed by atoms with van der Waals surface area (Å²) < 4.78 is 26.8. The molecule has 12 heteroatoms. The normalized spacial score (nSPS) is 15.0. The summed E-state index contributed by atoms with van der Waals surface area (Å²) in [7, 11) is -3.71. The van der Waals surface area contributed by atoms with Crippen molar-refractivity contribution < 1.29 is 23.1 Å². The standard InChI is InChI=1S/C18H18N4O7S/c1-13-2-4-17(5-3-13)30(28,29)20-8-6-19(7-9-20)18(23)14-10-15(21(24)25)12-16(11-14)22(26)27/h2-5,10-12H,6-9H2,1H3. The van der Waals surface area contributed by atoms with Crippen LogP contribution in [0.3, 0.4) is 0 Å². The van der Waals surface area contributed by atoms with Gasteiger partial charge in [0.25, 0.3) is 17.3 Å². The number of nitro groups is 2. The zero-order valence-electron chi connectivity index (χ0n) is 15.9. The van der Waals surface area contributed by atoms with Crippen molar-refractivity contribution in [2.45, 2.75) is 11.8 Å². The highest BCUT2D eigenvalue weighted by Crippen LogP contribution is 2.25. The number of amides is 1. The van der Waals surface area contributed by atoms with E-state index in [1.807, 2.05) is 6.92 Å². The number of hydrogen-bond donors (Lipinski definition) is 0. The number of non-ortho nitro benzene ring substituents is 2. The average Bonchev–Trinajstić information content (AvgIpc) is 2.73. The summed E-state index contributed by atoms with van der Waals surface area (Å²) in [4.78, 5) is 34.6. The molecule has 1 saturated heterocycles. The van der Waals surface area contributed by atoms with Gasteiger partial charge in [-0.15, -0.1) is 0 Å². The van der Waals surface area contributed by atoms with Gasteiger partial charge in [0.1, 0.15) is 0 Å². The SMILES string of the molecule is Cc1ccc(S(=O)(=O)N2CCN(C(=O)c3cc([N+](=O)[O-])cc([N+](=O)[O-])c3)CC2)cc1. The topological polar surface area (TPSA) is 144 Å². The highest BCUT2D eigenvalue weighted by Gasteiger charge is 2.31. The maximum absolute atomic E-state index is 12.8. The number of piperazine rings is 1. The third kappa shape index (κ3) is 4.28. The van der Waals surface area contributed by atoms with Gasteiger partial charge in [-0.3, -0.25) is 25.0 Å². The molecule has 1 aliphatic heterocycles. The first-order valence-corrected chi connectivity index (χ1v) is 10.3. The summed E-state index contributed by atoms with van der Waals surface area (Å²) in [6, 6.07) is 9.16. The van der Waals surface area contributed by atoms with E-state index in [9.17, 15) is 33.4 Å². The van der Waals surface area contributed by atoms with Crippen molar-refractivity contribution >= 4 is 27.3 Å². The Labute approximate surface area is 171 Å². The van der Waals surface area contributed by atoms with Crippen molar-refractivity contribution in [3.8, 4) is 0 Å². The van der Waals surface area contributed by atoms with Crippen LogP contribution in [0.5, 0.6) is 0 Å². The van der Waals surface area contributed by atoms with E-state index in [0.29, 0.717) is 0 Å². The van der Waals surface area contributed by atoms with E-state index in [1.165, 1.54) is 21.3 Å². The van der Waals surface area contributed by atoms with Crippen LogP contribution in [-0.2, 0) is 10.0 Å². The molecule has 0 unspecified atom stereocenters. The molecular weight excluding hydrogens is 416 g/mol. The van der Waals surface area contributed by atoms with Crippen molar-refractivity contribution in [2.75, 3.05) is 26.2 Å². The predicted molar refractivity (Wildman–Crippen MR) is 106 cm³/mol. The fourth-order valence-electron chi connectivity index (χ4n) is 3.10. The second-order valence-corrected chi connectivity index (χ2v) is 8.70. The van der Waals surface area contributed by atoms with E-state index < -0.39 is 37.2 Å². The molecule has 1 amide bonds. The van der Waals surface area contributed by atoms with Crippen LogP contribution in [0.4, 0.5) is 11.4 Å². The molecule has 1 aliphatic rings. The molecule has 2 aromatic rings. The summed E-state index contributed by atoms with van der Waals surface area (Å²) in [5, 5.41) is 22.0. The summed E-state index contributed by atoms with van der Waals surface area (Å²) in [5.41, 5.74) is -0.387. The molecule has 0 aromatic heterocycles. The zero-order chi connectivity index (χ0) is 22.1. The Morgan fingerprint density at radius 2 is 1.40 bits per heavy atom. The Morgan fingerprint density at radius 3 is 1.87 bits per heavy atom. The van der Waals surface area contributed by atoms with Gasteiger partial charge < -0.3 is 4.90 Å². The van der Waals surface area contributed by atoms with E-state index in [1.54, 1.807) is 12.1 Å². The highest BCUT2D eigenvalue weighted by molar-refractivity contribution is 7.89. The smallest absolute Gasteiger partial charge is 0.277 e. The molecule has 0 N–H and O–H groups in total. The van der Waals surface area contributed by atoms with Crippen molar-refractivity contribution in [2.24, 2.45) is 0 Å². The molecule has 2 aromatic carbocycles. The summed E-state index contributed by atoms with van der Waals surface area (Å²) in [6.45, 7) is 2.04.